The molecule has 2 unspecified atom stereocenters. The number of carbonyl (C=O) groups is 1. The van der Waals surface area contributed by atoms with Gasteiger partial charge in [-0.1, -0.05) is 0 Å². The molecule has 0 aliphatic heterocycles. The number of aliphatic carboxylic acids is 1. The van der Waals surface area contributed by atoms with Crippen LogP contribution in [-0.2, 0) is 4.79 Å². The number of hydrogen-bond acceptors (Lipinski definition) is 4. The number of aliphatic hydroxyl groups is 2. The molecule has 0 heterocycles. The van der Waals surface area contributed by atoms with Crippen LogP contribution >= 0.6 is 0 Å². The van der Waals surface area contributed by atoms with Crippen LogP contribution in [0, 0.1) is 13.8 Å². The summed E-state index contributed by atoms with van der Waals surface area (Å²) in [4.78, 5) is 10.6. The van der Waals surface area contributed by atoms with Crippen LogP contribution in [0.3, 0.4) is 0 Å². The number of benzene rings is 1. The number of aryl methyl sites for hydroxylation is 2. The van der Waals surface area contributed by atoms with Gasteiger partial charge in [0.2, 0.25) is 0 Å². The maximum Gasteiger partial charge on any atom is 0.335 e. The molecule has 0 spiro atoms. The molecule has 5 heteroatoms. The van der Waals surface area contributed by atoms with Crippen molar-refractivity contribution in [3.63, 3.8) is 0 Å². The highest BCUT2D eigenvalue weighted by Gasteiger charge is 2.25. The second-order valence-corrected chi connectivity index (χ2v) is 3.92. The summed E-state index contributed by atoms with van der Waals surface area (Å²) in [6, 6.07) is 3.20. The summed E-state index contributed by atoms with van der Waals surface area (Å²) in [5, 5.41) is 27.6. The molecule has 0 saturated heterocycles. The van der Waals surface area contributed by atoms with Gasteiger partial charge in [-0.05, 0) is 42.7 Å². The zero-order valence-corrected chi connectivity index (χ0v) is 9.97. The molecule has 0 radical (unpaired) electrons. The molecule has 94 valence electrons. The minimum Gasteiger partial charge on any atom is -0.496 e. The number of carboxylic acid groups (broad SMARTS) is 1. The molecular formula is C12H16O5. The first-order valence-corrected chi connectivity index (χ1v) is 5.12. The van der Waals surface area contributed by atoms with Crippen molar-refractivity contribution in [1.82, 2.24) is 0 Å². The van der Waals surface area contributed by atoms with Crippen LogP contribution < -0.4 is 4.74 Å². The monoisotopic (exact) mass is 240 g/mol. The first kappa shape index (κ1) is 13.5. The summed E-state index contributed by atoms with van der Waals surface area (Å²) in [6.07, 6.45) is -3.28. The summed E-state index contributed by atoms with van der Waals surface area (Å²) >= 11 is 0. The summed E-state index contributed by atoms with van der Waals surface area (Å²) in [7, 11) is 1.54. The summed E-state index contributed by atoms with van der Waals surface area (Å²) in [5.74, 6) is -0.769. The van der Waals surface area contributed by atoms with E-state index in [2.05, 4.69) is 0 Å². The lowest BCUT2D eigenvalue weighted by Crippen LogP contribution is -2.27. The van der Waals surface area contributed by atoms with E-state index in [1.807, 2.05) is 0 Å². The third-order valence-electron chi connectivity index (χ3n) is 2.58. The quantitative estimate of drug-likeness (QED) is 0.724. The number of rotatable bonds is 4. The third-order valence-corrected chi connectivity index (χ3v) is 2.58. The molecule has 2 atom stereocenters. The van der Waals surface area contributed by atoms with Gasteiger partial charge in [0.15, 0.2) is 6.10 Å². The van der Waals surface area contributed by atoms with Crippen LogP contribution in [0.15, 0.2) is 12.1 Å². The maximum atomic E-state index is 10.6. The van der Waals surface area contributed by atoms with Crippen molar-refractivity contribution < 1.29 is 24.9 Å². The molecule has 0 aromatic heterocycles. The highest BCUT2D eigenvalue weighted by molar-refractivity contribution is 5.73. The Bertz CT molecular complexity index is 404. The third kappa shape index (κ3) is 2.75. The Hall–Kier alpha value is -1.59. The molecule has 1 aromatic carbocycles. The van der Waals surface area contributed by atoms with E-state index in [0.29, 0.717) is 11.3 Å². The Morgan fingerprint density at radius 3 is 2.06 bits per heavy atom. The van der Waals surface area contributed by atoms with Crippen LogP contribution in [-0.4, -0.2) is 34.5 Å². The molecule has 0 bridgehead atoms. The molecule has 17 heavy (non-hydrogen) atoms. The zero-order valence-electron chi connectivity index (χ0n) is 9.97. The van der Waals surface area contributed by atoms with E-state index in [1.165, 1.54) is 7.11 Å². The Morgan fingerprint density at radius 2 is 1.71 bits per heavy atom. The lowest BCUT2D eigenvalue weighted by atomic mass is 9.99. The summed E-state index contributed by atoms with van der Waals surface area (Å²) < 4.78 is 5.16. The normalized spacial score (nSPS) is 14.2. The number of carboxylic acids is 1. The summed E-state index contributed by atoms with van der Waals surface area (Å²) in [5.41, 5.74) is 1.91. The minimum absolute atomic E-state index is 0.357. The predicted molar refractivity (Wildman–Crippen MR) is 61.1 cm³/mol. The fraction of sp³-hybridized carbons (Fsp3) is 0.417. The Balaban J connectivity index is 3.12. The number of ether oxygens (including phenoxy) is 1. The Labute approximate surface area is 99.3 Å². The van der Waals surface area contributed by atoms with E-state index in [0.717, 1.165) is 11.1 Å². The average Bonchev–Trinajstić information content (AvgIpc) is 2.26. The van der Waals surface area contributed by atoms with Crippen molar-refractivity contribution in [3.8, 4) is 5.75 Å². The molecule has 0 aliphatic rings. The van der Waals surface area contributed by atoms with E-state index in [9.17, 15) is 15.0 Å². The largest absolute Gasteiger partial charge is 0.496 e. The number of methoxy groups -OCH3 is 1. The highest BCUT2D eigenvalue weighted by Crippen LogP contribution is 2.28. The first-order chi connectivity index (χ1) is 7.88. The zero-order chi connectivity index (χ0) is 13.2. The van der Waals surface area contributed by atoms with Gasteiger partial charge in [-0.3, -0.25) is 0 Å². The summed E-state index contributed by atoms with van der Waals surface area (Å²) in [6.45, 7) is 3.57. The van der Waals surface area contributed by atoms with Crippen molar-refractivity contribution in [1.29, 1.82) is 0 Å². The van der Waals surface area contributed by atoms with Crippen LogP contribution in [0.4, 0.5) is 0 Å². The molecular weight excluding hydrogens is 224 g/mol. The van der Waals surface area contributed by atoms with E-state index in [-0.39, 0.29) is 0 Å². The average molecular weight is 240 g/mol. The van der Waals surface area contributed by atoms with Gasteiger partial charge in [0.25, 0.3) is 0 Å². The van der Waals surface area contributed by atoms with Crippen LogP contribution in [0.2, 0.25) is 0 Å². The van der Waals surface area contributed by atoms with Crippen molar-refractivity contribution in [2.45, 2.75) is 26.1 Å². The van der Waals surface area contributed by atoms with Gasteiger partial charge in [0, 0.05) is 0 Å². The fourth-order valence-electron chi connectivity index (χ4n) is 1.79. The van der Waals surface area contributed by atoms with Gasteiger partial charge in [-0.15, -0.1) is 0 Å². The molecule has 0 fully saturated rings. The standard InChI is InChI=1S/C12H16O5/c1-6-4-8(5-7(2)11(6)17-3)9(13)10(14)12(15)16/h4-5,9-10,13-14H,1-3H3,(H,15,16). The topological polar surface area (TPSA) is 87.0 Å². The van der Waals surface area contributed by atoms with E-state index >= 15 is 0 Å². The van der Waals surface area contributed by atoms with Gasteiger partial charge in [-0.25, -0.2) is 4.79 Å². The lowest BCUT2D eigenvalue weighted by Gasteiger charge is -2.17. The van der Waals surface area contributed by atoms with E-state index in [1.54, 1.807) is 26.0 Å². The van der Waals surface area contributed by atoms with E-state index in [4.69, 9.17) is 9.84 Å². The SMILES string of the molecule is COc1c(C)cc(C(O)C(O)C(=O)O)cc1C. The Morgan fingerprint density at radius 1 is 1.24 bits per heavy atom. The predicted octanol–water partition coefficient (Wildman–Crippen LogP) is 0.791. The second kappa shape index (κ2) is 5.16. The molecule has 1 aromatic rings. The number of hydrogen-bond donors (Lipinski definition) is 3. The maximum absolute atomic E-state index is 10.6. The van der Waals surface area contributed by atoms with Gasteiger partial charge in [-0.2, -0.15) is 0 Å². The van der Waals surface area contributed by atoms with Gasteiger partial charge in [0.1, 0.15) is 11.9 Å². The fourth-order valence-corrected chi connectivity index (χ4v) is 1.79. The lowest BCUT2D eigenvalue weighted by molar-refractivity contribution is -0.153. The van der Waals surface area contributed by atoms with Crippen LogP contribution in [0.5, 0.6) is 5.75 Å². The molecule has 5 nitrogen and oxygen atoms in total. The van der Waals surface area contributed by atoms with Gasteiger partial charge >= 0.3 is 5.97 Å². The molecule has 3 N–H and O–H groups in total. The Kier molecular flexibility index (Phi) is 4.09. The van der Waals surface area contributed by atoms with Crippen molar-refractivity contribution in [3.05, 3.63) is 28.8 Å². The van der Waals surface area contributed by atoms with Crippen LogP contribution in [0.1, 0.15) is 22.8 Å². The first-order valence-electron chi connectivity index (χ1n) is 5.12. The molecule has 0 amide bonds. The minimum atomic E-state index is -1.83. The molecule has 0 aliphatic carbocycles. The molecule has 1 rings (SSSR count). The highest BCUT2D eigenvalue weighted by atomic mass is 16.5. The van der Waals surface area contributed by atoms with E-state index < -0.39 is 18.2 Å². The van der Waals surface area contributed by atoms with Gasteiger partial charge < -0.3 is 20.1 Å². The van der Waals surface area contributed by atoms with Crippen molar-refractivity contribution in [2.24, 2.45) is 0 Å². The van der Waals surface area contributed by atoms with Crippen LogP contribution in [0.25, 0.3) is 0 Å². The van der Waals surface area contributed by atoms with Gasteiger partial charge in [0.05, 0.1) is 7.11 Å². The molecule has 0 saturated carbocycles. The van der Waals surface area contributed by atoms with Crippen molar-refractivity contribution in [2.75, 3.05) is 7.11 Å². The smallest absolute Gasteiger partial charge is 0.335 e. The van der Waals surface area contributed by atoms with Crippen molar-refractivity contribution >= 4 is 5.97 Å². The second-order valence-electron chi connectivity index (χ2n) is 3.92. The number of aliphatic hydroxyl groups excluding tert-OH is 2.